The molecule has 45 heavy (non-hydrogen) atoms. The standard InChI is InChI=1S/C35H44N2O7Si/c1-35(2,3)45(4,5)43-24-29-32(41-22-25-12-8-6-9-13-25)33(42-23-26-14-10-7-11-15-26)31-30(20-21-36(29)31)44-34(38)27-16-18-28(19-17-27)37(39)40/h6-19,29-33H,20-24H2,1-5H3/t29-,30-,31+,32+,33+/m0/s1. The first-order chi connectivity index (χ1) is 21.4. The third-order valence-electron chi connectivity index (χ3n) is 9.47. The van der Waals surface area contributed by atoms with Gasteiger partial charge in [-0.3, -0.25) is 15.0 Å². The first kappa shape index (κ1) is 33.0. The van der Waals surface area contributed by atoms with Crippen molar-refractivity contribution in [2.75, 3.05) is 13.2 Å². The first-order valence-electron chi connectivity index (χ1n) is 15.6. The van der Waals surface area contributed by atoms with E-state index in [0.717, 1.165) is 11.1 Å². The predicted molar refractivity (Wildman–Crippen MR) is 174 cm³/mol. The molecular weight excluding hydrogens is 588 g/mol. The zero-order valence-corrected chi connectivity index (χ0v) is 27.8. The van der Waals surface area contributed by atoms with E-state index in [4.69, 9.17) is 18.6 Å². The molecule has 0 saturated carbocycles. The van der Waals surface area contributed by atoms with Gasteiger partial charge in [0.2, 0.25) is 0 Å². The molecule has 2 saturated heterocycles. The van der Waals surface area contributed by atoms with Crippen LogP contribution < -0.4 is 0 Å². The second-order valence-electron chi connectivity index (χ2n) is 13.4. The van der Waals surface area contributed by atoms with Gasteiger partial charge in [0, 0.05) is 18.7 Å². The summed E-state index contributed by atoms with van der Waals surface area (Å²) in [5, 5.41) is 11.2. The lowest BCUT2D eigenvalue weighted by Gasteiger charge is -2.38. The highest BCUT2D eigenvalue weighted by Crippen LogP contribution is 2.42. The Morgan fingerprint density at radius 1 is 0.889 bits per heavy atom. The van der Waals surface area contributed by atoms with E-state index in [1.807, 2.05) is 60.7 Å². The summed E-state index contributed by atoms with van der Waals surface area (Å²) in [7, 11) is -2.08. The summed E-state index contributed by atoms with van der Waals surface area (Å²) in [5.74, 6) is -0.513. The molecule has 0 amide bonds. The van der Waals surface area contributed by atoms with Crippen molar-refractivity contribution in [1.29, 1.82) is 0 Å². The van der Waals surface area contributed by atoms with Gasteiger partial charge in [0.05, 0.1) is 42.4 Å². The number of rotatable bonds is 12. The topological polar surface area (TPSA) is 100 Å². The number of nitrogens with zero attached hydrogens (tertiary/aromatic N) is 2. The van der Waals surface area contributed by atoms with E-state index in [9.17, 15) is 14.9 Å². The van der Waals surface area contributed by atoms with Gasteiger partial charge in [0.15, 0.2) is 8.32 Å². The molecule has 3 aromatic carbocycles. The van der Waals surface area contributed by atoms with Gasteiger partial charge in [-0.15, -0.1) is 0 Å². The van der Waals surface area contributed by atoms with Crippen molar-refractivity contribution in [3.8, 4) is 0 Å². The van der Waals surface area contributed by atoms with Gasteiger partial charge in [-0.25, -0.2) is 4.79 Å². The molecule has 2 aliphatic heterocycles. The summed E-state index contributed by atoms with van der Waals surface area (Å²) < 4.78 is 26.4. The van der Waals surface area contributed by atoms with Crippen LogP contribution in [0.15, 0.2) is 84.9 Å². The molecule has 2 heterocycles. The first-order valence-corrected chi connectivity index (χ1v) is 18.5. The molecule has 3 aromatic rings. The van der Waals surface area contributed by atoms with Gasteiger partial charge in [-0.1, -0.05) is 81.4 Å². The van der Waals surface area contributed by atoms with Crippen LogP contribution in [0.25, 0.3) is 0 Å². The van der Waals surface area contributed by atoms with Crippen LogP contribution >= 0.6 is 0 Å². The molecule has 0 aromatic heterocycles. The Morgan fingerprint density at radius 3 is 1.98 bits per heavy atom. The number of esters is 1. The lowest BCUT2D eigenvalue weighted by Crippen LogP contribution is -2.48. The Balaban J connectivity index is 1.43. The molecule has 5 atom stereocenters. The number of hydrogen-bond donors (Lipinski definition) is 0. The van der Waals surface area contributed by atoms with Crippen molar-refractivity contribution in [3.63, 3.8) is 0 Å². The molecule has 0 unspecified atom stereocenters. The number of non-ortho nitro benzene ring substituents is 1. The summed E-state index contributed by atoms with van der Waals surface area (Å²) in [4.78, 5) is 26.3. The number of nitro benzene ring substituents is 1. The number of ether oxygens (including phenoxy) is 3. The van der Waals surface area contributed by atoms with E-state index < -0.39 is 25.3 Å². The minimum atomic E-state index is -2.08. The normalized spacial score (nSPS) is 23.5. The molecule has 9 nitrogen and oxygen atoms in total. The number of carbonyl (C=O) groups excluding carboxylic acids is 1. The minimum Gasteiger partial charge on any atom is -0.457 e. The van der Waals surface area contributed by atoms with Crippen molar-refractivity contribution in [2.24, 2.45) is 0 Å². The van der Waals surface area contributed by atoms with Crippen LogP contribution in [0.1, 0.15) is 48.7 Å². The van der Waals surface area contributed by atoms with Crippen LogP contribution in [0.4, 0.5) is 5.69 Å². The van der Waals surface area contributed by atoms with Crippen LogP contribution in [0.2, 0.25) is 18.1 Å². The van der Waals surface area contributed by atoms with Gasteiger partial charge in [0.25, 0.3) is 5.69 Å². The molecule has 0 spiro atoms. The molecular formula is C35H44N2O7Si. The van der Waals surface area contributed by atoms with Gasteiger partial charge in [0.1, 0.15) is 18.3 Å². The number of fused-ring (bicyclic) bond motifs is 1. The van der Waals surface area contributed by atoms with Gasteiger partial charge in [-0.2, -0.15) is 0 Å². The molecule has 2 fully saturated rings. The number of hydrogen-bond acceptors (Lipinski definition) is 8. The van der Waals surface area contributed by atoms with E-state index in [-0.39, 0.29) is 40.6 Å². The van der Waals surface area contributed by atoms with Crippen LogP contribution in [0.5, 0.6) is 0 Å². The summed E-state index contributed by atoms with van der Waals surface area (Å²) in [6, 6.07) is 25.3. The highest BCUT2D eigenvalue weighted by atomic mass is 28.4. The highest BCUT2D eigenvalue weighted by Gasteiger charge is 2.57. The van der Waals surface area contributed by atoms with Crippen molar-refractivity contribution in [2.45, 2.75) is 88.9 Å². The Labute approximate surface area is 266 Å². The van der Waals surface area contributed by atoms with Gasteiger partial charge < -0.3 is 18.6 Å². The second-order valence-corrected chi connectivity index (χ2v) is 18.2. The number of nitro groups is 1. The van der Waals surface area contributed by atoms with Crippen molar-refractivity contribution < 1.29 is 28.4 Å². The Hall–Kier alpha value is -3.41. The van der Waals surface area contributed by atoms with Crippen LogP contribution in [0.3, 0.4) is 0 Å². The van der Waals surface area contributed by atoms with Crippen molar-refractivity contribution >= 4 is 20.0 Å². The Bertz CT molecular complexity index is 1430. The summed E-state index contributed by atoms with van der Waals surface area (Å²) >= 11 is 0. The maximum Gasteiger partial charge on any atom is 0.338 e. The van der Waals surface area contributed by atoms with Gasteiger partial charge in [-0.05, 0) is 47.8 Å². The smallest absolute Gasteiger partial charge is 0.338 e. The number of carbonyl (C=O) groups is 1. The zero-order valence-electron chi connectivity index (χ0n) is 26.8. The van der Waals surface area contributed by atoms with Crippen LogP contribution in [0, 0.1) is 10.1 Å². The SMILES string of the molecule is CC(C)(C)[Si](C)(C)OC[C@H]1[C@@H](OCc2ccccc2)[C@H](OCc2ccccc2)[C@H]2[C@@H](OC(=O)c3ccc([N+](=O)[O-])cc3)CCN21. The zero-order chi connectivity index (χ0) is 32.2. The number of benzene rings is 3. The second kappa shape index (κ2) is 13.9. The molecule has 0 aliphatic carbocycles. The van der Waals surface area contributed by atoms with E-state index in [2.05, 4.69) is 38.8 Å². The monoisotopic (exact) mass is 632 g/mol. The highest BCUT2D eigenvalue weighted by molar-refractivity contribution is 6.74. The third kappa shape index (κ3) is 7.70. The summed E-state index contributed by atoms with van der Waals surface area (Å²) in [5.41, 5.74) is 2.31. The van der Waals surface area contributed by atoms with Crippen LogP contribution in [-0.4, -0.2) is 67.7 Å². The maximum atomic E-state index is 13.3. The fourth-order valence-corrected chi connectivity index (χ4v) is 6.91. The molecule has 240 valence electrons. The molecule has 2 aliphatic rings. The maximum absolute atomic E-state index is 13.3. The molecule has 10 heteroatoms. The average Bonchev–Trinajstić information content (AvgIpc) is 3.55. The minimum absolute atomic E-state index is 0.0441. The lowest BCUT2D eigenvalue weighted by molar-refractivity contribution is -0.384. The Morgan fingerprint density at radius 2 is 1.44 bits per heavy atom. The lowest BCUT2D eigenvalue weighted by atomic mass is 10.0. The summed E-state index contributed by atoms with van der Waals surface area (Å²) in [6.07, 6.45) is -0.533. The third-order valence-corrected chi connectivity index (χ3v) is 14.0. The summed E-state index contributed by atoms with van der Waals surface area (Å²) in [6.45, 7) is 13.2. The van der Waals surface area contributed by atoms with Crippen LogP contribution in [-0.2, 0) is 31.9 Å². The fraction of sp³-hybridized carbons (Fsp3) is 0.457. The average molecular weight is 633 g/mol. The van der Waals surface area contributed by atoms with Crippen molar-refractivity contribution in [3.05, 3.63) is 112 Å². The van der Waals surface area contributed by atoms with Gasteiger partial charge >= 0.3 is 5.97 Å². The van der Waals surface area contributed by atoms with E-state index in [1.165, 1.54) is 24.3 Å². The van der Waals surface area contributed by atoms with Crippen molar-refractivity contribution in [1.82, 2.24) is 4.90 Å². The fourth-order valence-electron chi connectivity index (χ4n) is 5.89. The predicted octanol–water partition coefficient (Wildman–Crippen LogP) is 6.77. The van der Waals surface area contributed by atoms with E-state index >= 15 is 0 Å². The molecule has 0 bridgehead atoms. The Kier molecular flexibility index (Phi) is 10.2. The molecule has 5 rings (SSSR count). The quantitative estimate of drug-likeness (QED) is 0.0934. The molecule has 0 N–H and O–H groups in total. The molecule has 0 radical (unpaired) electrons. The largest absolute Gasteiger partial charge is 0.457 e. The van der Waals surface area contributed by atoms with E-state index in [1.54, 1.807) is 0 Å². The van der Waals surface area contributed by atoms with E-state index in [0.29, 0.717) is 32.8 Å².